The van der Waals surface area contributed by atoms with Crippen LogP contribution in [0.25, 0.3) is 0 Å². The van der Waals surface area contributed by atoms with Crippen LogP contribution in [0.15, 0.2) is 36.4 Å². The van der Waals surface area contributed by atoms with E-state index in [0.717, 1.165) is 21.7 Å². The van der Waals surface area contributed by atoms with E-state index in [1.807, 2.05) is 38.1 Å². The molecular weight excluding hydrogens is 249 g/mol. The van der Waals surface area contributed by atoms with E-state index >= 15 is 0 Å². The van der Waals surface area contributed by atoms with Gasteiger partial charge in [0.1, 0.15) is 5.82 Å². The van der Waals surface area contributed by atoms with Crippen LogP contribution >= 0.6 is 11.6 Å². The fraction of sp³-hybridized carbons (Fsp3) is 0.200. The van der Waals surface area contributed by atoms with Gasteiger partial charge in [-0.15, -0.1) is 0 Å². The van der Waals surface area contributed by atoms with Gasteiger partial charge in [-0.2, -0.15) is 0 Å². The van der Waals surface area contributed by atoms with E-state index in [1.54, 1.807) is 6.07 Å². The summed E-state index contributed by atoms with van der Waals surface area (Å²) in [5, 5.41) is 3.82. The largest absolute Gasteiger partial charge is 0.379 e. The Balaban J connectivity index is 2.11. The normalized spacial score (nSPS) is 10.4. The van der Waals surface area contributed by atoms with Gasteiger partial charge < -0.3 is 5.32 Å². The SMILES string of the molecule is Cc1ccc(NCc2ccc(Cl)cc2C)c(F)c1. The smallest absolute Gasteiger partial charge is 0.146 e. The van der Waals surface area contributed by atoms with E-state index in [1.165, 1.54) is 6.07 Å². The number of hydrogen-bond acceptors (Lipinski definition) is 1. The van der Waals surface area contributed by atoms with Gasteiger partial charge in [-0.1, -0.05) is 23.7 Å². The van der Waals surface area contributed by atoms with Crippen molar-refractivity contribution >= 4 is 17.3 Å². The van der Waals surface area contributed by atoms with E-state index < -0.39 is 0 Å². The molecular formula is C15H15ClFN. The monoisotopic (exact) mass is 263 g/mol. The summed E-state index contributed by atoms with van der Waals surface area (Å²) in [6.07, 6.45) is 0. The second-order valence-electron chi connectivity index (χ2n) is 4.41. The third-order valence-corrected chi connectivity index (χ3v) is 3.13. The quantitative estimate of drug-likeness (QED) is 0.846. The third-order valence-electron chi connectivity index (χ3n) is 2.90. The molecule has 1 N–H and O–H groups in total. The summed E-state index contributed by atoms with van der Waals surface area (Å²) in [6, 6.07) is 10.9. The van der Waals surface area contributed by atoms with Crippen molar-refractivity contribution in [3.05, 3.63) is 63.9 Å². The molecule has 0 unspecified atom stereocenters. The highest BCUT2D eigenvalue weighted by Gasteiger charge is 2.03. The minimum atomic E-state index is -0.221. The summed E-state index contributed by atoms with van der Waals surface area (Å²) in [4.78, 5) is 0. The van der Waals surface area contributed by atoms with Crippen LogP contribution in [0.3, 0.4) is 0 Å². The number of benzene rings is 2. The summed E-state index contributed by atoms with van der Waals surface area (Å²) >= 11 is 5.90. The molecule has 18 heavy (non-hydrogen) atoms. The van der Waals surface area contributed by atoms with Crippen molar-refractivity contribution < 1.29 is 4.39 Å². The number of nitrogens with one attached hydrogen (secondary N) is 1. The highest BCUT2D eigenvalue weighted by atomic mass is 35.5. The molecule has 2 aromatic rings. The van der Waals surface area contributed by atoms with Gasteiger partial charge in [0.25, 0.3) is 0 Å². The van der Waals surface area contributed by atoms with Gasteiger partial charge in [-0.05, 0) is 54.8 Å². The maximum atomic E-state index is 13.6. The summed E-state index contributed by atoms with van der Waals surface area (Å²) in [5.41, 5.74) is 3.65. The van der Waals surface area contributed by atoms with E-state index in [9.17, 15) is 4.39 Å². The molecule has 3 heteroatoms. The average Bonchev–Trinajstić information content (AvgIpc) is 2.30. The third kappa shape index (κ3) is 3.02. The van der Waals surface area contributed by atoms with Crippen molar-refractivity contribution in [1.29, 1.82) is 0 Å². The van der Waals surface area contributed by atoms with Gasteiger partial charge in [-0.3, -0.25) is 0 Å². The van der Waals surface area contributed by atoms with E-state index in [4.69, 9.17) is 11.6 Å². The highest BCUT2D eigenvalue weighted by Crippen LogP contribution is 2.19. The second-order valence-corrected chi connectivity index (χ2v) is 4.84. The van der Waals surface area contributed by atoms with Gasteiger partial charge in [0, 0.05) is 11.6 Å². The Morgan fingerprint density at radius 2 is 1.89 bits per heavy atom. The fourth-order valence-electron chi connectivity index (χ4n) is 1.81. The standard InChI is InChI=1S/C15H15ClFN/c1-10-3-6-15(14(17)7-10)18-9-12-4-5-13(16)8-11(12)2/h3-8,18H,9H2,1-2H3. The van der Waals surface area contributed by atoms with Crippen LogP contribution in [0.5, 0.6) is 0 Å². The van der Waals surface area contributed by atoms with Crippen molar-refractivity contribution in [3.8, 4) is 0 Å². The molecule has 0 spiro atoms. The number of hydrogen-bond donors (Lipinski definition) is 1. The number of rotatable bonds is 3. The minimum absolute atomic E-state index is 0.221. The first kappa shape index (κ1) is 12.9. The molecule has 0 saturated carbocycles. The van der Waals surface area contributed by atoms with Crippen molar-refractivity contribution in [2.45, 2.75) is 20.4 Å². The van der Waals surface area contributed by atoms with Crippen molar-refractivity contribution in [3.63, 3.8) is 0 Å². The first-order valence-corrected chi connectivity index (χ1v) is 6.19. The predicted molar refractivity (Wildman–Crippen MR) is 74.7 cm³/mol. The Kier molecular flexibility index (Phi) is 3.87. The zero-order chi connectivity index (χ0) is 13.1. The van der Waals surface area contributed by atoms with Gasteiger partial charge in [0.15, 0.2) is 0 Å². The number of aryl methyl sites for hydroxylation is 2. The Hall–Kier alpha value is -1.54. The topological polar surface area (TPSA) is 12.0 Å². The molecule has 0 amide bonds. The fourth-order valence-corrected chi connectivity index (χ4v) is 2.04. The number of anilines is 1. The van der Waals surface area contributed by atoms with Crippen molar-refractivity contribution in [1.82, 2.24) is 0 Å². The maximum Gasteiger partial charge on any atom is 0.146 e. The molecule has 0 aromatic heterocycles. The lowest BCUT2D eigenvalue weighted by atomic mass is 10.1. The second kappa shape index (κ2) is 5.40. The zero-order valence-electron chi connectivity index (χ0n) is 10.4. The zero-order valence-corrected chi connectivity index (χ0v) is 11.2. The van der Waals surface area contributed by atoms with Crippen LogP contribution in [0.1, 0.15) is 16.7 Å². The number of halogens is 2. The molecule has 0 heterocycles. The maximum absolute atomic E-state index is 13.6. The van der Waals surface area contributed by atoms with Crippen molar-refractivity contribution in [2.75, 3.05) is 5.32 Å². The molecule has 0 aliphatic rings. The van der Waals surface area contributed by atoms with Crippen LogP contribution in [0, 0.1) is 19.7 Å². The van der Waals surface area contributed by atoms with Gasteiger partial charge >= 0.3 is 0 Å². The highest BCUT2D eigenvalue weighted by molar-refractivity contribution is 6.30. The summed E-state index contributed by atoms with van der Waals surface area (Å²) in [7, 11) is 0. The molecule has 0 radical (unpaired) electrons. The first-order chi connectivity index (χ1) is 8.56. The van der Waals surface area contributed by atoms with Crippen LogP contribution in [-0.4, -0.2) is 0 Å². The Bertz CT molecular complexity index is 515. The van der Waals surface area contributed by atoms with Crippen LogP contribution in [0.4, 0.5) is 10.1 Å². The Morgan fingerprint density at radius 3 is 2.56 bits per heavy atom. The average molecular weight is 264 g/mol. The van der Waals surface area contributed by atoms with Gasteiger partial charge in [0.05, 0.1) is 5.69 Å². The minimum Gasteiger partial charge on any atom is -0.379 e. The molecule has 0 aliphatic carbocycles. The molecule has 0 aliphatic heterocycles. The van der Waals surface area contributed by atoms with Crippen LogP contribution in [-0.2, 0) is 6.54 Å². The lowest BCUT2D eigenvalue weighted by Gasteiger charge is -2.10. The van der Waals surface area contributed by atoms with Crippen molar-refractivity contribution in [2.24, 2.45) is 0 Å². The first-order valence-electron chi connectivity index (χ1n) is 5.81. The molecule has 1 nitrogen and oxygen atoms in total. The van der Waals surface area contributed by atoms with E-state index in [2.05, 4.69) is 5.32 Å². The molecule has 0 fully saturated rings. The summed E-state index contributed by atoms with van der Waals surface area (Å²) in [5.74, 6) is -0.221. The van der Waals surface area contributed by atoms with E-state index in [0.29, 0.717) is 12.2 Å². The van der Waals surface area contributed by atoms with Gasteiger partial charge in [0.2, 0.25) is 0 Å². The molecule has 94 valence electrons. The van der Waals surface area contributed by atoms with Crippen LogP contribution in [0.2, 0.25) is 5.02 Å². The summed E-state index contributed by atoms with van der Waals surface area (Å²) in [6.45, 7) is 4.45. The summed E-state index contributed by atoms with van der Waals surface area (Å²) < 4.78 is 13.6. The Labute approximate surface area is 112 Å². The van der Waals surface area contributed by atoms with E-state index in [-0.39, 0.29) is 5.82 Å². The molecule has 0 atom stereocenters. The molecule has 2 aromatic carbocycles. The molecule has 2 rings (SSSR count). The van der Waals surface area contributed by atoms with Gasteiger partial charge in [-0.25, -0.2) is 4.39 Å². The predicted octanol–water partition coefficient (Wildman–Crippen LogP) is 4.71. The lowest BCUT2D eigenvalue weighted by molar-refractivity contribution is 0.629. The van der Waals surface area contributed by atoms with Crippen LogP contribution < -0.4 is 5.32 Å². The molecule has 0 saturated heterocycles. The molecule has 0 bridgehead atoms. The lowest BCUT2D eigenvalue weighted by Crippen LogP contribution is -2.03. The Morgan fingerprint density at radius 1 is 1.11 bits per heavy atom.